The summed E-state index contributed by atoms with van der Waals surface area (Å²) in [5, 5.41) is 10.5. The molecule has 2 aromatic carbocycles. The van der Waals surface area contributed by atoms with Gasteiger partial charge in [-0.05, 0) is 43.7 Å². The van der Waals surface area contributed by atoms with Gasteiger partial charge in [0.1, 0.15) is 5.82 Å². The summed E-state index contributed by atoms with van der Waals surface area (Å²) < 4.78 is 21.2. The molecule has 174 valence electrons. The molecule has 0 aliphatic carbocycles. The molecule has 7 nitrogen and oxygen atoms in total. The average Bonchev–Trinajstić information content (AvgIpc) is 3.12. The molecule has 1 atom stereocenters. The van der Waals surface area contributed by atoms with Gasteiger partial charge in [0.05, 0.1) is 30.6 Å². The Morgan fingerprint density at radius 3 is 2.58 bits per heavy atom. The third kappa shape index (κ3) is 5.58. The Morgan fingerprint density at radius 1 is 1.09 bits per heavy atom. The Kier molecular flexibility index (Phi) is 7.36. The number of urea groups is 1. The molecule has 1 fully saturated rings. The van der Waals surface area contributed by atoms with Gasteiger partial charge >= 0.3 is 6.03 Å². The van der Waals surface area contributed by atoms with Crippen LogP contribution in [0.4, 0.5) is 9.18 Å². The highest BCUT2D eigenvalue weighted by Crippen LogP contribution is 2.22. The molecule has 0 bridgehead atoms. The number of nitrogens with one attached hydrogen (secondary N) is 2. The van der Waals surface area contributed by atoms with Crippen LogP contribution in [0.25, 0.3) is 5.69 Å². The molecule has 4 rings (SSSR count). The first-order valence-electron chi connectivity index (χ1n) is 11.2. The maximum atomic E-state index is 13.9. The van der Waals surface area contributed by atoms with E-state index in [0.29, 0.717) is 26.3 Å². The van der Waals surface area contributed by atoms with Crippen LogP contribution in [-0.4, -0.2) is 53.6 Å². The number of carbonyl (C=O) groups excluding carboxylic acids is 1. The van der Waals surface area contributed by atoms with E-state index in [9.17, 15) is 9.18 Å². The lowest BCUT2D eigenvalue weighted by atomic mass is 10.0. The van der Waals surface area contributed by atoms with Crippen LogP contribution < -0.4 is 10.6 Å². The lowest BCUT2D eigenvalue weighted by Crippen LogP contribution is -2.45. The van der Waals surface area contributed by atoms with Gasteiger partial charge in [-0.15, -0.1) is 0 Å². The number of morpholine rings is 1. The van der Waals surface area contributed by atoms with E-state index in [1.54, 1.807) is 6.07 Å². The largest absolute Gasteiger partial charge is 0.379 e. The zero-order valence-electron chi connectivity index (χ0n) is 19.1. The zero-order valence-corrected chi connectivity index (χ0v) is 19.1. The second-order valence-electron chi connectivity index (χ2n) is 8.18. The fraction of sp³-hybridized carbons (Fsp3) is 0.360. The molecular formula is C25H30FN5O2. The molecule has 3 aromatic rings. The molecule has 2 heterocycles. The highest BCUT2D eigenvalue weighted by atomic mass is 19.1. The fourth-order valence-electron chi connectivity index (χ4n) is 4.23. The third-order valence-corrected chi connectivity index (χ3v) is 6.04. The fourth-order valence-corrected chi connectivity index (χ4v) is 4.23. The van der Waals surface area contributed by atoms with E-state index in [1.807, 2.05) is 54.9 Å². The van der Waals surface area contributed by atoms with Crippen LogP contribution in [0.3, 0.4) is 0 Å². The second-order valence-corrected chi connectivity index (χ2v) is 8.18. The Balaban J connectivity index is 1.39. The number of hydrogen-bond acceptors (Lipinski definition) is 4. The predicted molar refractivity (Wildman–Crippen MR) is 125 cm³/mol. The first kappa shape index (κ1) is 22.9. The highest BCUT2D eigenvalue weighted by molar-refractivity contribution is 5.74. The first-order valence-corrected chi connectivity index (χ1v) is 11.2. The minimum Gasteiger partial charge on any atom is -0.379 e. The van der Waals surface area contributed by atoms with E-state index >= 15 is 0 Å². The van der Waals surface area contributed by atoms with Crippen LogP contribution in [0.2, 0.25) is 0 Å². The van der Waals surface area contributed by atoms with E-state index < -0.39 is 0 Å². The Bertz CT molecular complexity index is 1080. The molecule has 2 N–H and O–H groups in total. The molecule has 8 heteroatoms. The number of aryl methyl sites for hydroxylation is 1. The summed E-state index contributed by atoms with van der Waals surface area (Å²) in [7, 11) is 0. The number of benzene rings is 2. The minimum atomic E-state index is -0.281. The molecule has 1 aromatic heterocycles. The van der Waals surface area contributed by atoms with Crippen LogP contribution in [0.15, 0.2) is 54.6 Å². The zero-order chi connectivity index (χ0) is 23.2. The van der Waals surface area contributed by atoms with Crippen molar-refractivity contribution in [2.75, 3.05) is 32.8 Å². The van der Waals surface area contributed by atoms with Crippen molar-refractivity contribution >= 4 is 6.03 Å². The summed E-state index contributed by atoms with van der Waals surface area (Å²) in [4.78, 5) is 14.9. The molecule has 1 aliphatic heterocycles. The van der Waals surface area contributed by atoms with E-state index in [2.05, 4.69) is 20.6 Å². The molecule has 0 saturated carbocycles. The van der Waals surface area contributed by atoms with Gasteiger partial charge in [-0.25, -0.2) is 13.9 Å². The average molecular weight is 452 g/mol. The van der Waals surface area contributed by atoms with E-state index in [0.717, 1.165) is 41.3 Å². The lowest BCUT2D eigenvalue weighted by molar-refractivity contribution is 0.0166. The standard InChI is InChI=1S/C25H30FN5O2/c1-18-23(19(2)31(29-18)22-9-4-3-5-10-22)16-27-25(32)28-17-24(30-11-13-33-14-12-30)20-7-6-8-21(26)15-20/h3-10,15,24H,11-14,16-17H2,1-2H3,(H2,27,28,32). The van der Waals surface area contributed by atoms with Gasteiger partial charge < -0.3 is 15.4 Å². The number of amides is 2. The first-order chi connectivity index (χ1) is 16.0. The SMILES string of the molecule is Cc1nn(-c2ccccc2)c(C)c1CNC(=O)NCC(c1cccc(F)c1)N1CCOCC1. The van der Waals surface area contributed by atoms with Gasteiger partial charge in [0.25, 0.3) is 0 Å². The molecule has 0 spiro atoms. The molecular weight excluding hydrogens is 421 g/mol. The Morgan fingerprint density at radius 2 is 1.85 bits per heavy atom. The van der Waals surface area contributed by atoms with Gasteiger partial charge in [0.2, 0.25) is 0 Å². The number of ether oxygens (including phenoxy) is 1. The number of aromatic nitrogens is 2. The Hall–Kier alpha value is -3.23. The number of hydrogen-bond donors (Lipinski definition) is 2. The van der Waals surface area contributed by atoms with Crippen molar-refractivity contribution in [3.63, 3.8) is 0 Å². The van der Waals surface area contributed by atoms with Gasteiger partial charge in [-0.3, -0.25) is 4.90 Å². The molecule has 1 unspecified atom stereocenters. The Labute approximate surface area is 193 Å². The molecule has 1 aliphatic rings. The van der Waals surface area contributed by atoms with Crippen LogP contribution in [0, 0.1) is 19.7 Å². The van der Waals surface area contributed by atoms with Crippen LogP contribution in [0.5, 0.6) is 0 Å². The van der Waals surface area contributed by atoms with Crippen molar-refractivity contribution in [2.45, 2.75) is 26.4 Å². The van der Waals surface area contributed by atoms with Crippen LogP contribution in [-0.2, 0) is 11.3 Å². The number of rotatable bonds is 7. The van der Waals surface area contributed by atoms with Gasteiger partial charge in [0, 0.05) is 37.4 Å². The van der Waals surface area contributed by atoms with E-state index in [4.69, 9.17) is 4.74 Å². The minimum absolute atomic E-state index is 0.125. The highest BCUT2D eigenvalue weighted by Gasteiger charge is 2.23. The predicted octanol–water partition coefficient (Wildman–Crippen LogP) is 3.50. The van der Waals surface area contributed by atoms with Gasteiger partial charge in [-0.1, -0.05) is 30.3 Å². The number of carbonyl (C=O) groups is 1. The summed E-state index contributed by atoms with van der Waals surface area (Å²) in [6.07, 6.45) is 0. The van der Waals surface area contributed by atoms with Crippen molar-refractivity contribution in [3.05, 3.63) is 82.9 Å². The summed E-state index contributed by atoms with van der Waals surface area (Å²) >= 11 is 0. The summed E-state index contributed by atoms with van der Waals surface area (Å²) in [5.41, 5.74) is 4.68. The smallest absolute Gasteiger partial charge is 0.315 e. The van der Waals surface area contributed by atoms with E-state index in [1.165, 1.54) is 12.1 Å². The van der Waals surface area contributed by atoms with Crippen LogP contribution >= 0.6 is 0 Å². The molecule has 33 heavy (non-hydrogen) atoms. The van der Waals surface area contributed by atoms with Gasteiger partial charge in [0.15, 0.2) is 0 Å². The lowest BCUT2D eigenvalue weighted by Gasteiger charge is -2.35. The molecule has 1 saturated heterocycles. The van der Waals surface area contributed by atoms with Crippen LogP contribution in [0.1, 0.15) is 28.6 Å². The maximum absolute atomic E-state index is 13.9. The number of para-hydroxylation sites is 1. The van der Waals surface area contributed by atoms with Crippen molar-refractivity contribution in [1.29, 1.82) is 0 Å². The summed E-state index contributed by atoms with van der Waals surface area (Å²) in [6, 6.07) is 16.1. The second kappa shape index (κ2) is 10.6. The quantitative estimate of drug-likeness (QED) is 0.577. The monoisotopic (exact) mass is 451 g/mol. The van der Waals surface area contributed by atoms with Crippen molar-refractivity contribution in [2.24, 2.45) is 0 Å². The normalized spacial score (nSPS) is 15.2. The molecule has 0 radical (unpaired) electrons. The van der Waals surface area contributed by atoms with Gasteiger partial charge in [-0.2, -0.15) is 5.10 Å². The number of halogens is 1. The van der Waals surface area contributed by atoms with E-state index in [-0.39, 0.29) is 17.9 Å². The molecule has 2 amide bonds. The third-order valence-electron chi connectivity index (χ3n) is 6.04. The van der Waals surface area contributed by atoms with Crippen molar-refractivity contribution < 1.29 is 13.9 Å². The van der Waals surface area contributed by atoms with Crippen molar-refractivity contribution in [3.8, 4) is 5.69 Å². The summed E-state index contributed by atoms with van der Waals surface area (Å²) in [6.45, 7) is 7.42. The van der Waals surface area contributed by atoms with Crippen molar-refractivity contribution in [1.82, 2.24) is 25.3 Å². The summed E-state index contributed by atoms with van der Waals surface area (Å²) in [5.74, 6) is -0.281. The maximum Gasteiger partial charge on any atom is 0.315 e. The number of nitrogens with zero attached hydrogens (tertiary/aromatic N) is 3. The topological polar surface area (TPSA) is 71.4 Å².